The van der Waals surface area contributed by atoms with Crippen LogP contribution in [0.3, 0.4) is 0 Å². The summed E-state index contributed by atoms with van der Waals surface area (Å²) >= 11 is 0. The van der Waals surface area contributed by atoms with Crippen LogP contribution in [0.15, 0.2) is 66.3 Å². The van der Waals surface area contributed by atoms with Gasteiger partial charge in [0.15, 0.2) is 23.5 Å². The summed E-state index contributed by atoms with van der Waals surface area (Å²) in [5, 5.41) is 22.1. The normalized spacial score (nSPS) is 38.8. The van der Waals surface area contributed by atoms with Crippen LogP contribution in [-0.2, 0) is 25.7 Å². The summed E-state index contributed by atoms with van der Waals surface area (Å²) in [6.07, 6.45) is 5.73. The van der Waals surface area contributed by atoms with E-state index in [9.17, 15) is 19.8 Å². The molecule has 2 aromatic rings. The van der Waals surface area contributed by atoms with Crippen molar-refractivity contribution in [2.75, 3.05) is 12.3 Å². The van der Waals surface area contributed by atoms with Gasteiger partial charge in [0.05, 0.1) is 12.2 Å². The lowest BCUT2D eigenvalue weighted by Crippen LogP contribution is -2.63. The second-order valence-corrected chi connectivity index (χ2v) is 14.0. The molecule has 1 heterocycles. The number of aliphatic hydroxyl groups excluding tert-OH is 2. The number of carbonyl (C=O) groups is 2. The summed E-state index contributed by atoms with van der Waals surface area (Å²) in [5.74, 6) is 0.296. The molecular weight excluding hydrogens is 558 g/mol. The second-order valence-electron chi connectivity index (χ2n) is 14.0. The smallest absolute Gasteiger partial charge is 0.193 e. The van der Waals surface area contributed by atoms with Crippen molar-refractivity contribution < 1.29 is 34.0 Å². The maximum Gasteiger partial charge on any atom is 0.193 e. The van der Waals surface area contributed by atoms with Gasteiger partial charge in [-0.2, -0.15) is 0 Å². The number of hydrogen-bond donors (Lipinski definition) is 3. The number of ketones is 2. The van der Waals surface area contributed by atoms with Gasteiger partial charge in [-0.1, -0.05) is 43.7 Å². The molecule has 3 saturated carbocycles. The summed E-state index contributed by atoms with van der Waals surface area (Å²) in [4.78, 5) is 26.0. The number of ether oxygens (including phenoxy) is 3. The first-order valence-electron chi connectivity index (χ1n) is 15.7. The number of hydrogen-bond acceptors (Lipinski definition) is 8. The maximum absolute atomic E-state index is 13.8. The molecule has 8 heteroatoms. The zero-order chi connectivity index (χ0) is 31.0. The summed E-state index contributed by atoms with van der Waals surface area (Å²) in [6.45, 7) is 5.81. The molecule has 2 aromatic carbocycles. The van der Waals surface area contributed by atoms with Crippen LogP contribution >= 0.6 is 0 Å². The van der Waals surface area contributed by atoms with Gasteiger partial charge in [-0.3, -0.25) is 9.59 Å². The third kappa shape index (κ3) is 4.25. The minimum atomic E-state index is -1.40. The zero-order valence-corrected chi connectivity index (χ0v) is 25.5. The number of benzene rings is 2. The van der Waals surface area contributed by atoms with E-state index in [1.54, 1.807) is 12.2 Å². The van der Waals surface area contributed by atoms with Crippen molar-refractivity contribution >= 4 is 17.3 Å². The number of anilines is 1. The Morgan fingerprint density at radius 2 is 2.00 bits per heavy atom. The SMILES string of the molecule is Cc1cc(OCc2cccc(N)c2)cc([C@@H]2O[C@@H]3C[C@H]4[C@@H]5CCC6=CC(=O)C=C[C@]6(C)[C@H]5[C@@H](O)C[C@]4(C)[C@]3(C(=O)CO)O2)c1. The summed E-state index contributed by atoms with van der Waals surface area (Å²) < 4.78 is 19.5. The number of nitrogen functional groups attached to an aromatic ring is 1. The second kappa shape index (κ2) is 10.4. The van der Waals surface area contributed by atoms with E-state index >= 15 is 0 Å². The van der Waals surface area contributed by atoms with Crippen LogP contribution in [0.25, 0.3) is 0 Å². The number of aryl methyl sites for hydroxylation is 1. The standard InChI is InChI=1S/C36H41NO7/c1-20-11-22(14-26(12-20)42-19-21-5-4-6-24(37)13-21)33-43-31-16-28-27-8-7-23-15-25(39)9-10-34(23,2)32(27)29(40)17-35(28,3)36(31,44-33)30(41)18-38/h4-6,9-15,27-29,31-33,38,40H,7-8,16-19,37H2,1-3H3/t27-,28-,29-,31+,32+,33+,34-,35-,36+/m0/s1. The summed E-state index contributed by atoms with van der Waals surface area (Å²) in [7, 11) is 0. The number of carbonyl (C=O) groups excluding carboxylic acids is 2. The monoisotopic (exact) mass is 599 g/mol. The maximum atomic E-state index is 13.8. The average molecular weight is 600 g/mol. The molecule has 1 saturated heterocycles. The highest BCUT2D eigenvalue weighted by molar-refractivity contribution is 6.01. The molecule has 4 N–H and O–H groups in total. The number of Topliss-reactive ketones (excluding diaryl/α,β-unsaturated/α-hetero) is 1. The highest BCUT2D eigenvalue weighted by atomic mass is 16.7. The van der Waals surface area contributed by atoms with Gasteiger partial charge in [-0.05, 0) is 92.0 Å². The Morgan fingerprint density at radius 1 is 1.18 bits per heavy atom. The lowest BCUT2D eigenvalue weighted by molar-refractivity contribution is -0.201. The van der Waals surface area contributed by atoms with Gasteiger partial charge in [0.1, 0.15) is 19.0 Å². The number of rotatable bonds is 6. The van der Waals surface area contributed by atoms with Crippen LogP contribution in [0, 0.1) is 35.5 Å². The van der Waals surface area contributed by atoms with E-state index in [-0.39, 0.29) is 23.5 Å². The number of nitrogens with two attached hydrogens (primary N) is 1. The van der Waals surface area contributed by atoms with Crippen molar-refractivity contribution in [1.29, 1.82) is 0 Å². The predicted molar refractivity (Wildman–Crippen MR) is 163 cm³/mol. The number of allylic oxidation sites excluding steroid dienone is 4. The Hall–Kier alpha value is -3.30. The fourth-order valence-corrected chi connectivity index (χ4v) is 9.68. The molecule has 8 nitrogen and oxygen atoms in total. The molecule has 232 valence electrons. The molecule has 7 rings (SSSR count). The van der Waals surface area contributed by atoms with E-state index in [0.29, 0.717) is 30.9 Å². The minimum Gasteiger partial charge on any atom is -0.489 e. The lowest BCUT2D eigenvalue weighted by Gasteiger charge is -2.59. The Balaban J connectivity index is 1.19. The van der Waals surface area contributed by atoms with Crippen molar-refractivity contribution in [3.63, 3.8) is 0 Å². The first-order valence-corrected chi connectivity index (χ1v) is 15.7. The van der Waals surface area contributed by atoms with Gasteiger partial charge in [0.25, 0.3) is 0 Å². The summed E-state index contributed by atoms with van der Waals surface area (Å²) in [6, 6.07) is 13.3. The third-order valence-electron chi connectivity index (χ3n) is 11.5. The van der Waals surface area contributed by atoms with Gasteiger partial charge < -0.3 is 30.2 Å². The van der Waals surface area contributed by atoms with Gasteiger partial charge in [-0.25, -0.2) is 0 Å². The van der Waals surface area contributed by atoms with Gasteiger partial charge in [-0.15, -0.1) is 0 Å². The topological polar surface area (TPSA) is 128 Å². The Kier molecular flexibility index (Phi) is 6.94. The first-order chi connectivity index (χ1) is 21.0. The Labute approximate surface area is 257 Å². The van der Waals surface area contributed by atoms with Gasteiger partial charge >= 0.3 is 0 Å². The highest BCUT2D eigenvalue weighted by Gasteiger charge is 2.75. The molecule has 9 atom stereocenters. The van der Waals surface area contributed by atoms with Crippen molar-refractivity contribution in [3.8, 4) is 5.75 Å². The molecule has 0 bridgehead atoms. The molecule has 4 fully saturated rings. The van der Waals surface area contributed by atoms with E-state index in [4.69, 9.17) is 19.9 Å². The molecule has 0 unspecified atom stereocenters. The third-order valence-corrected chi connectivity index (χ3v) is 11.5. The molecule has 0 spiro atoms. The predicted octanol–water partition coefficient (Wildman–Crippen LogP) is 4.76. The first kappa shape index (κ1) is 29.4. The van der Waals surface area contributed by atoms with Gasteiger partial charge in [0, 0.05) is 28.0 Å². The number of aliphatic hydroxyl groups is 2. The Bertz CT molecular complexity index is 1580. The molecule has 0 radical (unpaired) electrons. The molecule has 0 amide bonds. The van der Waals surface area contributed by atoms with Crippen LogP contribution in [0.4, 0.5) is 5.69 Å². The van der Waals surface area contributed by atoms with Crippen molar-refractivity contribution in [1.82, 2.24) is 0 Å². The van der Waals surface area contributed by atoms with E-state index in [0.717, 1.165) is 35.1 Å². The van der Waals surface area contributed by atoms with E-state index in [1.807, 2.05) is 62.4 Å². The van der Waals surface area contributed by atoms with Crippen molar-refractivity contribution in [3.05, 3.63) is 83.0 Å². The molecule has 5 aliphatic rings. The fraction of sp³-hybridized carbons (Fsp3) is 0.500. The van der Waals surface area contributed by atoms with E-state index < -0.39 is 47.3 Å². The lowest BCUT2D eigenvalue weighted by atomic mass is 9.46. The van der Waals surface area contributed by atoms with Crippen LogP contribution < -0.4 is 10.5 Å². The van der Waals surface area contributed by atoms with E-state index in [2.05, 4.69) is 6.92 Å². The molecule has 0 aromatic heterocycles. The van der Waals surface area contributed by atoms with Crippen molar-refractivity contribution in [2.45, 2.75) is 77.2 Å². The zero-order valence-electron chi connectivity index (χ0n) is 25.5. The quantitative estimate of drug-likeness (QED) is 0.406. The largest absolute Gasteiger partial charge is 0.489 e. The van der Waals surface area contributed by atoms with Crippen LogP contribution in [0.1, 0.15) is 62.5 Å². The molecule has 44 heavy (non-hydrogen) atoms. The molecule has 1 aliphatic heterocycles. The fourth-order valence-electron chi connectivity index (χ4n) is 9.68. The van der Waals surface area contributed by atoms with Crippen molar-refractivity contribution in [2.24, 2.45) is 28.6 Å². The average Bonchev–Trinajstić information content (AvgIpc) is 3.49. The minimum absolute atomic E-state index is 0.00346. The molecular formula is C36H41NO7. The van der Waals surface area contributed by atoms with E-state index in [1.165, 1.54) is 0 Å². The Morgan fingerprint density at radius 3 is 2.77 bits per heavy atom. The van der Waals surface area contributed by atoms with Crippen LogP contribution in [-0.4, -0.2) is 46.2 Å². The van der Waals surface area contributed by atoms with Crippen LogP contribution in [0.5, 0.6) is 5.75 Å². The highest BCUT2D eigenvalue weighted by Crippen LogP contribution is 2.70. The summed E-state index contributed by atoms with van der Waals surface area (Å²) in [5.41, 5.74) is 7.74. The molecule has 4 aliphatic carbocycles. The van der Waals surface area contributed by atoms with Gasteiger partial charge in [0.2, 0.25) is 0 Å². The van der Waals surface area contributed by atoms with Crippen LogP contribution in [0.2, 0.25) is 0 Å². The number of fused-ring (bicyclic) bond motifs is 7.